The Bertz CT molecular complexity index is 1480. The van der Waals surface area contributed by atoms with E-state index in [2.05, 4.69) is 25.2 Å². The lowest BCUT2D eigenvalue weighted by Gasteiger charge is -2.35. The summed E-state index contributed by atoms with van der Waals surface area (Å²) >= 11 is 0. The van der Waals surface area contributed by atoms with Crippen molar-refractivity contribution in [2.24, 2.45) is 0 Å². The molecule has 2 aliphatic rings. The lowest BCUT2D eigenvalue weighted by Crippen LogP contribution is -2.50. The van der Waals surface area contributed by atoms with E-state index in [-0.39, 0.29) is 18.2 Å². The van der Waals surface area contributed by atoms with E-state index in [9.17, 15) is 4.79 Å². The van der Waals surface area contributed by atoms with Crippen LogP contribution in [0.4, 0.5) is 22.2 Å². The molecule has 1 aromatic carbocycles. The number of benzene rings is 1. The minimum atomic E-state index is -0.509. The Hall–Kier alpha value is -4.41. The van der Waals surface area contributed by atoms with Gasteiger partial charge in [0.1, 0.15) is 23.0 Å². The molecule has 0 spiro atoms. The van der Waals surface area contributed by atoms with Crippen LogP contribution in [0.3, 0.4) is 0 Å². The van der Waals surface area contributed by atoms with Gasteiger partial charge in [-0.1, -0.05) is 0 Å². The van der Waals surface area contributed by atoms with Crippen LogP contribution in [0.5, 0.6) is 5.75 Å². The number of hydrogen-bond acceptors (Lipinski definition) is 9. The molecule has 196 valence electrons. The summed E-state index contributed by atoms with van der Waals surface area (Å²) in [5, 5.41) is 9.08. The maximum Gasteiger partial charge on any atom is 0.410 e. The number of rotatable bonds is 5. The minimum absolute atomic E-state index is 0.109. The van der Waals surface area contributed by atoms with E-state index >= 15 is 0 Å². The molecule has 2 fully saturated rings. The minimum Gasteiger partial charge on any atom is -0.497 e. The van der Waals surface area contributed by atoms with E-state index in [0.29, 0.717) is 24.7 Å². The number of methoxy groups -OCH3 is 1. The first kappa shape index (κ1) is 24.0. The maximum absolute atomic E-state index is 12.7. The summed E-state index contributed by atoms with van der Waals surface area (Å²) in [7, 11) is 1.65. The molecule has 0 saturated carbocycles. The summed E-state index contributed by atoms with van der Waals surface area (Å²) in [6, 6.07) is 10.1. The van der Waals surface area contributed by atoms with E-state index in [1.54, 1.807) is 31.9 Å². The third-order valence-corrected chi connectivity index (χ3v) is 6.83. The molecular formula is C27H30N8O3. The van der Waals surface area contributed by atoms with Crippen LogP contribution in [0.2, 0.25) is 0 Å². The number of carbonyl (C=O) groups is 1. The van der Waals surface area contributed by atoms with Crippen LogP contribution in [-0.2, 0) is 4.74 Å². The molecule has 1 N–H and O–H groups in total. The lowest BCUT2D eigenvalue weighted by atomic mass is 10.2. The van der Waals surface area contributed by atoms with Crippen LogP contribution in [0.25, 0.3) is 16.6 Å². The van der Waals surface area contributed by atoms with Gasteiger partial charge in [0.05, 0.1) is 36.6 Å². The van der Waals surface area contributed by atoms with Crippen LogP contribution < -0.4 is 15.0 Å². The van der Waals surface area contributed by atoms with E-state index < -0.39 is 5.60 Å². The van der Waals surface area contributed by atoms with Gasteiger partial charge in [0.25, 0.3) is 0 Å². The zero-order valence-electron chi connectivity index (χ0n) is 21.8. The number of nitrogens with zero attached hydrogens (tertiary/aromatic N) is 7. The summed E-state index contributed by atoms with van der Waals surface area (Å²) < 4.78 is 13.0. The number of pyridine rings is 1. The first-order valence-electron chi connectivity index (χ1n) is 12.6. The molecule has 0 aliphatic carbocycles. The number of piperazine rings is 1. The standard InChI is InChI=1S/C27H30N8O3/c1-27(2,3)38-26(36)34-16-18-11-19(34)15-33(18)24-12-17(7-8-30-24)35-22-13-20(37-4)5-6-21(22)25(32-35)31-23-14-28-9-10-29-23/h5-10,12-14,18-19H,11,15-16H2,1-4H3,(H,29,31,32)/t18-,19-/m0/s1. The molecule has 1 amide bonds. The van der Waals surface area contributed by atoms with Gasteiger partial charge >= 0.3 is 6.09 Å². The van der Waals surface area contributed by atoms with Gasteiger partial charge in [0.15, 0.2) is 5.82 Å². The van der Waals surface area contributed by atoms with Gasteiger partial charge in [-0.05, 0) is 45.4 Å². The molecule has 4 aromatic rings. The van der Waals surface area contributed by atoms with Crippen LogP contribution in [0.1, 0.15) is 27.2 Å². The highest BCUT2D eigenvalue weighted by Crippen LogP contribution is 2.36. The largest absolute Gasteiger partial charge is 0.497 e. The maximum atomic E-state index is 12.7. The number of carbonyl (C=O) groups excluding carboxylic acids is 1. The Labute approximate surface area is 220 Å². The first-order valence-corrected chi connectivity index (χ1v) is 12.6. The number of anilines is 3. The number of fused-ring (bicyclic) bond motifs is 3. The van der Waals surface area contributed by atoms with Crippen LogP contribution in [-0.4, -0.2) is 73.6 Å². The number of nitrogens with one attached hydrogen (secondary N) is 1. The molecule has 5 heterocycles. The summed E-state index contributed by atoms with van der Waals surface area (Å²) in [5.74, 6) is 2.86. The highest BCUT2D eigenvalue weighted by molar-refractivity contribution is 5.93. The van der Waals surface area contributed by atoms with Crippen molar-refractivity contribution in [3.05, 3.63) is 55.1 Å². The van der Waals surface area contributed by atoms with Crippen molar-refractivity contribution in [2.45, 2.75) is 44.9 Å². The Morgan fingerprint density at radius 1 is 1.05 bits per heavy atom. The van der Waals surface area contributed by atoms with Gasteiger partial charge in [0, 0.05) is 49.2 Å². The van der Waals surface area contributed by atoms with Crippen molar-refractivity contribution in [1.82, 2.24) is 29.6 Å². The number of amides is 1. The van der Waals surface area contributed by atoms with E-state index in [4.69, 9.17) is 14.6 Å². The zero-order chi connectivity index (χ0) is 26.4. The number of hydrogen-bond donors (Lipinski definition) is 1. The molecule has 2 bridgehead atoms. The van der Waals surface area contributed by atoms with Gasteiger partial charge in [-0.25, -0.2) is 19.4 Å². The molecule has 11 nitrogen and oxygen atoms in total. The van der Waals surface area contributed by atoms with Crippen LogP contribution in [0, 0.1) is 0 Å². The van der Waals surface area contributed by atoms with Gasteiger partial charge in [-0.3, -0.25) is 4.98 Å². The number of ether oxygens (including phenoxy) is 2. The van der Waals surface area contributed by atoms with Gasteiger partial charge in [0.2, 0.25) is 0 Å². The van der Waals surface area contributed by atoms with Crippen molar-refractivity contribution >= 4 is 34.4 Å². The Balaban J connectivity index is 1.30. The van der Waals surface area contributed by atoms with Crippen LogP contribution in [0.15, 0.2) is 55.1 Å². The number of likely N-dealkylation sites (tertiary alicyclic amines) is 1. The van der Waals surface area contributed by atoms with Crippen molar-refractivity contribution in [3.8, 4) is 11.4 Å². The molecule has 11 heteroatoms. The van der Waals surface area contributed by atoms with Crippen molar-refractivity contribution in [2.75, 3.05) is 30.4 Å². The third kappa shape index (κ3) is 4.44. The second kappa shape index (κ2) is 9.16. The molecule has 0 unspecified atom stereocenters. The fourth-order valence-electron chi connectivity index (χ4n) is 5.18. The van der Waals surface area contributed by atoms with Crippen LogP contribution >= 0.6 is 0 Å². The molecule has 38 heavy (non-hydrogen) atoms. The van der Waals surface area contributed by atoms with E-state index in [1.807, 2.05) is 60.7 Å². The molecule has 3 aromatic heterocycles. The van der Waals surface area contributed by atoms with Gasteiger partial charge in [-0.15, -0.1) is 5.10 Å². The lowest BCUT2D eigenvalue weighted by molar-refractivity contribution is 0.0214. The van der Waals surface area contributed by atoms with Crippen molar-refractivity contribution < 1.29 is 14.3 Å². The summed E-state index contributed by atoms with van der Waals surface area (Å²) in [6.07, 6.45) is 7.37. The topological polar surface area (TPSA) is 111 Å². The predicted molar refractivity (Wildman–Crippen MR) is 143 cm³/mol. The quantitative estimate of drug-likeness (QED) is 0.420. The molecule has 2 saturated heterocycles. The number of aromatic nitrogens is 5. The summed E-state index contributed by atoms with van der Waals surface area (Å²) in [4.78, 5) is 29.9. The van der Waals surface area contributed by atoms with Gasteiger partial charge < -0.3 is 24.6 Å². The average molecular weight is 515 g/mol. The predicted octanol–water partition coefficient (Wildman–Crippen LogP) is 4.16. The zero-order valence-corrected chi connectivity index (χ0v) is 21.8. The Morgan fingerprint density at radius 2 is 1.92 bits per heavy atom. The highest BCUT2D eigenvalue weighted by atomic mass is 16.6. The monoisotopic (exact) mass is 514 g/mol. The van der Waals surface area contributed by atoms with Gasteiger partial charge in [-0.2, -0.15) is 0 Å². The SMILES string of the molecule is COc1ccc2c(Nc3cnccn3)nn(-c3ccnc(N4C[C@@H]5C[C@H]4CN5C(=O)OC(C)(C)C)c3)c2c1. The van der Waals surface area contributed by atoms with Crippen molar-refractivity contribution in [3.63, 3.8) is 0 Å². The average Bonchev–Trinajstić information content (AvgIpc) is 3.61. The Morgan fingerprint density at radius 3 is 2.63 bits per heavy atom. The Kier molecular flexibility index (Phi) is 5.77. The van der Waals surface area contributed by atoms with E-state index in [1.165, 1.54) is 0 Å². The molecule has 6 rings (SSSR count). The smallest absolute Gasteiger partial charge is 0.410 e. The molecule has 2 atom stereocenters. The second-order valence-corrected chi connectivity index (χ2v) is 10.6. The summed E-state index contributed by atoms with van der Waals surface area (Å²) in [6.45, 7) is 7.02. The highest BCUT2D eigenvalue weighted by Gasteiger charge is 2.47. The van der Waals surface area contributed by atoms with Crippen molar-refractivity contribution in [1.29, 1.82) is 0 Å². The normalized spacial score (nSPS) is 18.7. The summed E-state index contributed by atoms with van der Waals surface area (Å²) in [5.41, 5.74) is 1.24. The molecule has 2 aliphatic heterocycles. The second-order valence-electron chi connectivity index (χ2n) is 10.6. The fourth-order valence-corrected chi connectivity index (χ4v) is 5.18. The van der Waals surface area contributed by atoms with E-state index in [0.717, 1.165) is 34.6 Å². The first-order chi connectivity index (χ1) is 18.3. The fraction of sp³-hybridized carbons (Fsp3) is 0.370. The molecular weight excluding hydrogens is 484 g/mol. The molecule has 0 radical (unpaired) electrons. The third-order valence-electron chi connectivity index (χ3n) is 6.83.